The molecule has 2 atom stereocenters. The minimum atomic E-state index is -4.34. The summed E-state index contributed by atoms with van der Waals surface area (Å²) in [6, 6.07) is 4.93. The van der Waals surface area contributed by atoms with Crippen LogP contribution in [0.2, 0.25) is 0 Å². The summed E-state index contributed by atoms with van der Waals surface area (Å²) in [6.07, 6.45) is -1.51. The minimum Gasteiger partial charge on any atom is -0.385 e. The van der Waals surface area contributed by atoms with Crippen molar-refractivity contribution in [2.75, 3.05) is 19.6 Å². The number of nitrogens with zero attached hydrogens (tertiary/aromatic N) is 1. The Bertz CT molecular complexity index is 480. The predicted molar refractivity (Wildman–Crippen MR) is 80.5 cm³/mol. The molecule has 2 rings (SSSR count). The molecule has 1 N–H and O–H groups in total. The van der Waals surface area contributed by atoms with E-state index in [1.165, 1.54) is 25.0 Å². The lowest BCUT2D eigenvalue weighted by Gasteiger charge is -2.36. The molecule has 0 spiro atoms. The molecule has 2 unspecified atom stereocenters. The number of hydrogen-bond acceptors (Lipinski definition) is 2. The highest BCUT2D eigenvalue weighted by atomic mass is 19.4. The van der Waals surface area contributed by atoms with Gasteiger partial charge in [-0.25, -0.2) is 0 Å². The summed E-state index contributed by atoms with van der Waals surface area (Å²) >= 11 is 0. The van der Waals surface area contributed by atoms with Crippen LogP contribution in [0, 0.1) is 5.92 Å². The van der Waals surface area contributed by atoms with Gasteiger partial charge in [0.2, 0.25) is 0 Å². The van der Waals surface area contributed by atoms with Gasteiger partial charge in [-0.05, 0) is 50.0 Å². The summed E-state index contributed by atoms with van der Waals surface area (Å²) in [7, 11) is 0. The van der Waals surface area contributed by atoms with Crippen molar-refractivity contribution in [2.24, 2.45) is 5.92 Å². The highest BCUT2D eigenvalue weighted by Crippen LogP contribution is 2.36. The topological polar surface area (TPSA) is 23.5 Å². The number of aliphatic hydroxyl groups is 1. The van der Waals surface area contributed by atoms with Crippen molar-refractivity contribution in [1.82, 2.24) is 4.90 Å². The van der Waals surface area contributed by atoms with Gasteiger partial charge in [0.25, 0.3) is 0 Å². The molecule has 1 aromatic rings. The molecular weight excluding hydrogens is 291 g/mol. The summed E-state index contributed by atoms with van der Waals surface area (Å²) in [5.41, 5.74) is -1.20. The second kappa shape index (κ2) is 6.59. The third-order valence-electron chi connectivity index (χ3n) is 4.80. The van der Waals surface area contributed by atoms with Crippen LogP contribution in [-0.2, 0) is 11.8 Å². The number of alkyl halides is 3. The molecule has 22 heavy (non-hydrogen) atoms. The van der Waals surface area contributed by atoms with E-state index in [4.69, 9.17) is 0 Å². The molecule has 1 heterocycles. The van der Waals surface area contributed by atoms with Crippen molar-refractivity contribution in [1.29, 1.82) is 0 Å². The zero-order valence-corrected chi connectivity index (χ0v) is 13.2. The quantitative estimate of drug-likeness (QED) is 0.886. The average Bonchev–Trinajstić information content (AvgIpc) is 2.98. The molecule has 2 nitrogen and oxygen atoms in total. The second-order valence-corrected chi connectivity index (χ2v) is 6.26. The molecule has 5 heteroatoms. The molecule has 1 saturated heterocycles. The molecule has 1 aliphatic heterocycles. The maximum atomic E-state index is 12.7. The van der Waals surface area contributed by atoms with E-state index in [0.29, 0.717) is 12.0 Å². The van der Waals surface area contributed by atoms with Gasteiger partial charge in [-0.3, -0.25) is 0 Å². The van der Waals surface area contributed by atoms with Gasteiger partial charge in [0, 0.05) is 12.5 Å². The van der Waals surface area contributed by atoms with Crippen LogP contribution in [0.15, 0.2) is 24.3 Å². The summed E-state index contributed by atoms with van der Waals surface area (Å²) in [5.74, 6) is -0.0349. The van der Waals surface area contributed by atoms with Gasteiger partial charge in [-0.1, -0.05) is 26.0 Å². The predicted octanol–water partition coefficient (Wildman–Crippen LogP) is 4.03. The monoisotopic (exact) mass is 315 g/mol. The van der Waals surface area contributed by atoms with Gasteiger partial charge >= 0.3 is 6.18 Å². The summed E-state index contributed by atoms with van der Waals surface area (Å²) in [6.45, 7) is 6.69. The van der Waals surface area contributed by atoms with Crippen LogP contribution in [0.5, 0.6) is 0 Å². The van der Waals surface area contributed by atoms with Crippen molar-refractivity contribution in [3.8, 4) is 0 Å². The summed E-state index contributed by atoms with van der Waals surface area (Å²) in [5, 5.41) is 11.0. The van der Waals surface area contributed by atoms with E-state index >= 15 is 0 Å². The molecule has 0 radical (unpaired) electrons. The first-order chi connectivity index (χ1) is 10.3. The largest absolute Gasteiger partial charge is 0.416 e. The van der Waals surface area contributed by atoms with Gasteiger partial charge in [-0.15, -0.1) is 0 Å². The van der Waals surface area contributed by atoms with Gasteiger partial charge in [0.1, 0.15) is 0 Å². The Hall–Kier alpha value is -1.07. The van der Waals surface area contributed by atoms with E-state index < -0.39 is 17.3 Å². The van der Waals surface area contributed by atoms with Crippen LogP contribution in [0.25, 0.3) is 0 Å². The first-order valence-electron chi connectivity index (χ1n) is 7.90. The molecule has 0 aromatic heterocycles. The lowest BCUT2D eigenvalue weighted by molar-refractivity contribution is -0.137. The third-order valence-corrected chi connectivity index (χ3v) is 4.80. The van der Waals surface area contributed by atoms with Gasteiger partial charge in [-0.2, -0.15) is 13.2 Å². The smallest absolute Gasteiger partial charge is 0.385 e. The van der Waals surface area contributed by atoms with Crippen LogP contribution in [0.1, 0.15) is 44.2 Å². The summed E-state index contributed by atoms with van der Waals surface area (Å²) in [4.78, 5) is 2.31. The number of halogens is 3. The lowest BCUT2D eigenvalue weighted by atomic mass is 9.79. The molecule has 0 amide bonds. The fraction of sp³-hybridized carbons (Fsp3) is 0.647. The van der Waals surface area contributed by atoms with Crippen molar-refractivity contribution in [3.05, 3.63) is 35.4 Å². The SMILES string of the molecule is CCC(O)(c1ccc(C(F)(F)F)cc1)C(C)CN1CCCC1. The van der Waals surface area contributed by atoms with E-state index in [1.807, 2.05) is 13.8 Å². The van der Waals surface area contributed by atoms with E-state index in [-0.39, 0.29) is 5.92 Å². The van der Waals surface area contributed by atoms with Crippen molar-refractivity contribution < 1.29 is 18.3 Å². The van der Waals surface area contributed by atoms with E-state index in [2.05, 4.69) is 4.90 Å². The highest BCUT2D eigenvalue weighted by Gasteiger charge is 2.36. The maximum Gasteiger partial charge on any atom is 0.416 e. The summed E-state index contributed by atoms with van der Waals surface area (Å²) < 4.78 is 38.0. The molecule has 0 aliphatic carbocycles. The Morgan fingerprint density at radius 3 is 2.05 bits per heavy atom. The molecule has 0 saturated carbocycles. The number of hydrogen-bond donors (Lipinski definition) is 1. The zero-order valence-electron chi connectivity index (χ0n) is 13.2. The van der Waals surface area contributed by atoms with Gasteiger partial charge < -0.3 is 10.0 Å². The van der Waals surface area contributed by atoms with Gasteiger partial charge in [0.15, 0.2) is 0 Å². The highest BCUT2D eigenvalue weighted by molar-refractivity contribution is 5.29. The zero-order chi connectivity index (χ0) is 16.4. The van der Waals surface area contributed by atoms with Crippen LogP contribution in [0.3, 0.4) is 0 Å². The van der Waals surface area contributed by atoms with Gasteiger partial charge in [0.05, 0.1) is 11.2 Å². The second-order valence-electron chi connectivity index (χ2n) is 6.26. The number of rotatable bonds is 5. The Kier molecular flexibility index (Phi) is 5.17. The van der Waals surface area contributed by atoms with E-state index in [0.717, 1.165) is 31.8 Å². The molecule has 124 valence electrons. The Balaban J connectivity index is 2.17. The van der Waals surface area contributed by atoms with Crippen molar-refractivity contribution >= 4 is 0 Å². The number of benzene rings is 1. The first kappa shape index (κ1) is 17.3. The minimum absolute atomic E-state index is 0.0349. The van der Waals surface area contributed by atoms with Crippen LogP contribution in [-0.4, -0.2) is 29.6 Å². The van der Waals surface area contributed by atoms with Crippen LogP contribution < -0.4 is 0 Å². The number of likely N-dealkylation sites (tertiary alicyclic amines) is 1. The van der Waals surface area contributed by atoms with E-state index in [9.17, 15) is 18.3 Å². The standard InChI is InChI=1S/C17H24F3NO/c1-3-16(22,13(2)12-21-10-4-5-11-21)14-6-8-15(9-7-14)17(18,19)20/h6-9,13,22H,3-5,10-12H2,1-2H3. The van der Waals surface area contributed by atoms with Crippen LogP contribution in [0.4, 0.5) is 13.2 Å². The lowest BCUT2D eigenvalue weighted by Crippen LogP contribution is -2.40. The molecule has 0 bridgehead atoms. The fourth-order valence-corrected chi connectivity index (χ4v) is 3.29. The molecule has 1 aliphatic rings. The fourth-order valence-electron chi connectivity index (χ4n) is 3.29. The van der Waals surface area contributed by atoms with E-state index in [1.54, 1.807) is 0 Å². The van der Waals surface area contributed by atoms with Crippen molar-refractivity contribution in [3.63, 3.8) is 0 Å². The normalized spacial score (nSPS) is 20.8. The molecule has 1 aromatic carbocycles. The third kappa shape index (κ3) is 3.63. The Morgan fingerprint density at radius 2 is 1.59 bits per heavy atom. The first-order valence-corrected chi connectivity index (χ1v) is 7.90. The Labute approximate surface area is 129 Å². The molecular formula is C17H24F3NO. The maximum absolute atomic E-state index is 12.7. The van der Waals surface area contributed by atoms with Crippen LogP contribution >= 0.6 is 0 Å². The van der Waals surface area contributed by atoms with Crippen molar-refractivity contribution in [2.45, 2.75) is 44.9 Å². The average molecular weight is 315 g/mol. The molecule has 1 fully saturated rings. The Morgan fingerprint density at radius 1 is 1.09 bits per heavy atom.